The molecule has 0 aliphatic heterocycles. The first-order valence-corrected chi connectivity index (χ1v) is 15.9. The molecule has 4 aromatic rings. The molecular formula is C28H34N4O4Si. The lowest BCUT2D eigenvalue weighted by atomic mass is 10.0. The maximum Gasteiger partial charge on any atom is 0.358 e. The van der Waals surface area contributed by atoms with Crippen LogP contribution in [-0.4, -0.2) is 49.4 Å². The number of hydrogen-bond acceptors (Lipinski definition) is 7. The van der Waals surface area contributed by atoms with Gasteiger partial charge in [0.05, 0.1) is 19.7 Å². The number of nitrogens with zero attached hydrogens (tertiary/aromatic N) is 3. The van der Waals surface area contributed by atoms with Crippen LogP contribution < -0.4 is 10.1 Å². The maximum absolute atomic E-state index is 12.6. The van der Waals surface area contributed by atoms with E-state index in [1.165, 1.54) is 7.11 Å². The highest BCUT2D eigenvalue weighted by molar-refractivity contribution is 6.76. The first-order valence-electron chi connectivity index (χ1n) is 12.2. The molecule has 0 saturated heterocycles. The second kappa shape index (κ2) is 11.1. The second-order valence-electron chi connectivity index (χ2n) is 10.1. The van der Waals surface area contributed by atoms with Gasteiger partial charge in [-0.3, -0.25) is 0 Å². The highest BCUT2D eigenvalue weighted by Crippen LogP contribution is 2.34. The van der Waals surface area contributed by atoms with Gasteiger partial charge in [-0.1, -0.05) is 19.6 Å². The van der Waals surface area contributed by atoms with Crippen LogP contribution in [-0.2, 0) is 16.2 Å². The van der Waals surface area contributed by atoms with Crippen LogP contribution in [0.2, 0.25) is 25.7 Å². The van der Waals surface area contributed by atoms with Gasteiger partial charge in [-0.05, 0) is 54.9 Å². The number of pyridine rings is 2. The Morgan fingerprint density at radius 1 is 1.05 bits per heavy atom. The summed E-state index contributed by atoms with van der Waals surface area (Å²) in [5.74, 6) is 1.06. The molecular weight excluding hydrogens is 484 g/mol. The van der Waals surface area contributed by atoms with Gasteiger partial charge >= 0.3 is 5.97 Å². The van der Waals surface area contributed by atoms with Crippen molar-refractivity contribution in [2.45, 2.75) is 39.3 Å². The van der Waals surface area contributed by atoms with Gasteiger partial charge in [0.25, 0.3) is 0 Å². The number of esters is 1. The molecule has 0 amide bonds. The minimum absolute atomic E-state index is 0.267. The molecule has 37 heavy (non-hydrogen) atoms. The van der Waals surface area contributed by atoms with Crippen molar-refractivity contribution in [2.24, 2.45) is 0 Å². The minimum Gasteiger partial charge on any atom is -0.497 e. The van der Waals surface area contributed by atoms with E-state index in [0.29, 0.717) is 18.9 Å². The molecule has 0 radical (unpaired) electrons. The van der Waals surface area contributed by atoms with E-state index in [0.717, 1.165) is 45.4 Å². The smallest absolute Gasteiger partial charge is 0.358 e. The topological polar surface area (TPSA) is 87.5 Å². The van der Waals surface area contributed by atoms with E-state index in [1.54, 1.807) is 13.3 Å². The van der Waals surface area contributed by atoms with Gasteiger partial charge in [0, 0.05) is 55.5 Å². The Morgan fingerprint density at radius 3 is 2.46 bits per heavy atom. The average molecular weight is 519 g/mol. The summed E-state index contributed by atoms with van der Waals surface area (Å²) in [7, 11) is 1.79. The lowest BCUT2D eigenvalue weighted by molar-refractivity contribution is 0.0594. The van der Waals surface area contributed by atoms with Crippen molar-refractivity contribution >= 4 is 36.5 Å². The Bertz CT molecular complexity index is 1390. The first kappa shape index (κ1) is 26.4. The van der Waals surface area contributed by atoms with E-state index in [4.69, 9.17) is 14.2 Å². The number of hydrogen-bond donors (Lipinski definition) is 1. The van der Waals surface area contributed by atoms with Gasteiger partial charge in [-0.2, -0.15) is 0 Å². The number of benzene rings is 1. The number of rotatable bonds is 10. The number of carbonyl (C=O) groups is 1. The molecule has 3 aromatic heterocycles. The fraction of sp³-hybridized carbons (Fsp3) is 0.321. The molecule has 4 rings (SSSR count). The summed E-state index contributed by atoms with van der Waals surface area (Å²) < 4.78 is 18.2. The number of carbonyl (C=O) groups excluding carboxylic acids is 1. The van der Waals surface area contributed by atoms with Crippen molar-refractivity contribution < 1.29 is 19.0 Å². The first-order chi connectivity index (χ1) is 17.7. The predicted molar refractivity (Wildman–Crippen MR) is 149 cm³/mol. The van der Waals surface area contributed by atoms with Crippen molar-refractivity contribution in [2.75, 3.05) is 26.1 Å². The maximum atomic E-state index is 12.6. The van der Waals surface area contributed by atoms with Crippen molar-refractivity contribution in [3.63, 3.8) is 0 Å². The molecule has 0 aliphatic carbocycles. The predicted octanol–water partition coefficient (Wildman–Crippen LogP) is 6.26. The summed E-state index contributed by atoms with van der Waals surface area (Å²) in [6.07, 6.45) is 5.50. The van der Waals surface area contributed by atoms with Crippen molar-refractivity contribution in [3.05, 3.63) is 66.2 Å². The van der Waals surface area contributed by atoms with Crippen molar-refractivity contribution in [1.29, 1.82) is 0 Å². The van der Waals surface area contributed by atoms with Crippen LogP contribution in [0.15, 0.2) is 55.0 Å². The third kappa shape index (κ3) is 6.18. The fourth-order valence-electron chi connectivity index (χ4n) is 4.08. The van der Waals surface area contributed by atoms with Crippen LogP contribution >= 0.6 is 0 Å². The molecule has 1 N–H and O–H groups in total. The number of fused-ring (bicyclic) bond motifs is 1. The van der Waals surface area contributed by atoms with Crippen LogP contribution in [0.3, 0.4) is 0 Å². The Labute approximate surface area is 218 Å². The minimum atomic E-state index is -1.22. The van der Waals surface area contributed by atoms with E-state index < -0.39 is 14.0 Å². The van der Waals surface area contributed by atoms with Gasteiger partial charge in [0.15, 0.2) is 5.69 Å². The highest BCUT2D eigenvalue weighted by Gasteiger charge is 2.21. The van der Waals surface area contributed by atoms with E-state index in [-0.39, 0.29) is 5.69 Å². The van der Waals surface area contributed by atoms with E-state index >= 15 is 0 Å². The lowest BCUT2D eigenvalue weighted by Crippen LogP contribution is -2.22. The Hall–Kier alpha value is -3.69. The SMILES string of the molecule is COC(=O)c1nccc2c(-c3cnc(Nc4ccc(OC)cc4)cc3C)cn(COCC[Si](C)(C)C)c12. The zero-order chi connectivity index (χ0) is 26.6. The molecule has 9 heteroatoms. The van der Waals surface area contributed by atoms with Crippen LogP contribution in [0.4, 0.5) is 11.5 Å². The zero-order valence-electron chi connectivity index (χ0n) is 22.3. The number of methoxy groups -OCH3 is 2. The number of anilines is 2. The number of nitrogens with one attached hydrogen (secondary N) is 1. The van der Waals surface area contributed by atoms with E-state index in [9.17, 15) is 4.79 Å². The molecule has 0 fully saturated rings. The molecule has 0 atom stereocenters. The largest absolute Gasteiger partial charge is 0.497 e. The monoisotopic (exact) mass is 518 g/mol. The molecule has 0 saturated carbocycles. The quantitative estimate of drug-likeness (QED) is 0.151. The van der Waals surface area contributed by atoms with Crippen LogP contribution in [0, 0.1) is 6.92 Å². The molecule has 194 valence electrons. The van der Waals surface area contributed by atoms with E-state index in [1.807, 2.05) is 60.3 Å². The number of ether oxygens (including phenoxy) is 3. The highest BCUT2D eigenvalue weighted by atomic mass is 28.3. The van der Waals surface area contributed by atoms with Crippen LogP contribution in [0.25, 0.3) is 22.0 Å². The van der Waals surface area contributed by atoms with Gasteiger partial charge in [-0.25, -0.2) is 14.8 Å². The van der Waals surface area contributed by atoms with Crippen LogP contribution in [0.1, 0.15) is 16.1 Å². The molecule has 8 nitrogen and oxygen atoms in total. The van der Waals surface area contributed by atoms with E-state index in [2.05, 4.69) is 34.9 Å². The van der Waals surface area contributed by atoms with Gasteiger partial charge < -0.3 is 24.1 Å². The second-order valence-corrected chi connectivity index (χ2v) is 15.8. The molecule has 3 heterocycles. The molecule has 0 aliphatic rings. The number of aryl methyl sites for hydroxylation is 1. The summed E-state index contributed by atoms with van der Waals surface area (Å²) >= 11 is 0. The van der Waals surface area contributed by atoms with Gasteiger partial charge in [0.1, 0.15) is 18.3 Å². The van der Waals surface area contributed by atoms with Crippen molar-refractivity contribution in [1.82, 2.24) is 14.5 Å². The van der Waals surface area contributed by atoms with Crippen LogP contribution in [0.5, 0.6) is 5.75 Å². The summed E-state index contributed by atoms with van der Waals surface area (Å²) in [4.78, 5) is 21.5. The number of aromatic nitrogens is 3. The Morgan fingerprint density at radius 2 is 1.81 bits per heavy atom. The van der Waals surface area contributed by atoms with Crippen molar-refractivity contribution in [3.8, 4) is 16.9 Å². The third-order valence-corrected chi connectivity index (χ3v) is 7.86. The molecule has 1 aromatic carbocycles. The van der Waals surface area contributed by atoms with Gasteiger partial charge in [0.2, 0.25) is 0 Å². The molecule has 0 bridgehead atoms. The molecule has 0 spiro atoms. The summed E-state index contributed by atoms with van der Waals surface area (Å²) in [5.41, 5.74) is 4.84. The average Bonchev–Trinajstić information content (AvgIpc) is 3.24. The Kier molecular flexibility index (Phi) is 7.94. The zero-order valence-corrected chi connectivity index (χ0v) is 23.3. The summed E-state index contributed by atoms with van der Waals surface area (Å²) in [6, 6.07) is 12.7. The standard InChI is InChI=1S/C28H34N4O4Si/c1-19-15-25(31-20-7-9-21(34-2)10-8-20)30-16-23(19)24-17-32(18-36-13-14-37(4,5)6)27-22(24)11-12-29-26(27)28(33)35-3/h7-12,15-17H,13-14,18H2,1-6H3,(H,30,31). The Balaban J connectivity index is 1.68. The summed E-state index contributed by atoms with van der Waals surface area (Å²) in [6.45, 7) is 10.0. The lowest BCUT2D eigenvalue weighted by Gasteiger charge is -2.16. The molecule has 0 unspecified atom stereocenters. The fourth-order valence-corrected chi connectivity index (χ4v) is 4.84. The van der Waals surface area contributed by atoms with Gasteiger partial charge in [-0.15, -0.1) is 0 Å². The summed E-state index contributed by atoms with van der Waals surface area (Å²) in [5, 5.41) is 4.23. The normalized spacial score (nSPS) is 11.5. The third-order valence-electron chi connectivity index (χ3n) is 6.16.